The fourth-order valence-electron chi connectivity index (χ4n) is 7.03. The van der Waals surface area contributed by atoms with Crippen LogP contribution in [0.15, 0.2) is 49.1 Å². The Kier molecular flexibility index (Phi) is 7.78. The number of carbonyl (C=O) groups excluding carboxylic acids is 1. The van der Waals surface area contributed by atoms with Gasteiger partial charge >= 0.3 is 0 Å². The number of ether oxygens (including phenoxy) is 1. The standard InChI is InChI=1S/C34H40N6O2/c1-5-31(41)40-18-17-39(20-24(40)3)33-27-14-16-38(30-13-7-11-25-10-6-9-23(2)32(25)30)21-29(27)36-34(28(33)19-35)42-22-26-12-8-15-37(26)4/h5-7,9-11,13,24,26H,1,8,12,14-18,20-22H2,2-4H3/t24-,26?/m1/s1. The lowest BCUT2D eigenvalue weighted by Gasteiger charge is -2.42. The van der Waals surface area contributed by atoms with Crippen LogP contribution in [0, 0.1) is 18.3 Å². The number of aromatic nitrogens is 1. The Balaban J connectivity index is 1.39. The molecule has 4 heterocycles. The number of amides is 1. The predicted molar refractivity (Wildman–Crippen MR) is 167 cm³/mol. The highest BCUT2D eigenvalue weighted by atomic mass is 16.5. The van der Waals surface area contributed by atoms with Gasteiger partial charge in [-0.15, -0.1) is 0 Å². The van der Waals surface area contributed by atoms with Crippen LogP contribution in [-0.4, -0.2) is 79.2 Å². The highest BCUT2D eigenvalue weighted by Crippen LogP contribution is 2.40. The molecule has 2 fully saturated rings. The minimum atomic E-state index is -0.0508. The van der Waals surface area contributed by atoms with Crippen molar-refractivity contribution in [2.75, 3.05) is 56.2 Å². The van der Waals surface area contributed by atoms with Crippen molar-refractivity contribution in [1.82, 2.24) is 14.8 Å². The lowest BCUT2D eigenvalue weighted by atomic mass is 9.96. The first-order valence-electron chi connectivity index (χ1n) is 15.1. The van der Waals surface area contributed by atoms with Crippen molar-refractivity contribution in [3.05, 3.63) is 71.4 Å². The van der Waals surface area contributed by atoms with Crippen LogP contribution in [0.25, 0.3) is 10.8 Å². The highest BCUT2D eigenvalue weighted by Gasteiger charge is 2.34. The van der Waals surface area contributed by atoms with Crippen LogP contribution in [0.3, 0.4) is 0 Å². The molecule has 42 heavy (non-hydrogen) atoms. The van der Waals surface area contributed by atoms with Gasteiger partial charge in [-0.05, 0) is 69.8 Å². The van der Waals surface area contributed by atoms with Crippen LogP contribution < -0.4 is 14.5 Å². The van der Waals surface area contributed by atoms with Gasteiger partial charge in [-0.1, -0.05) is 36.9 Å². The van der Waals surface area contributed by atoms with Crippen LogP contribution in [0.4, 0.5) is 11.4 Å². The van der Waals surface area contributed by atoms with Gasteiger partial charge < -0.3 is 24.3 Å². The zero-order valence-corrected chi connectivity index (χ0v) is 25.0. The van der Waals surface area contributed by atoms with E-state index in [1.54, 1.807) is 0 Å². The first-order valence-corrected chi connectivity index (χ1v) is 15.1. The topological polar surface area (TPSA) is 75.9 Å². The monoisotopic (exact) mass is 564 g/mol. The maximum atomic E-state index is 12.5. The number of aryl methyl sites for hydroxylation is 1. The quantitative estimate of drug-likeness (QED) is 0.403. The number of nitrogens with zero attached hydrogens (tertiary/aromatic N) is 6. The largest absolute Gasteiger partial charge is 0.475 e. The molecule has 0 bridgehead atoms. The molecular formula is C34H40N6O2. The average molecular weight is 565 g/mol. The molecule has 3 aromatic rings. The number of piperazine rings is 1. The number of nitriles is 1. The van der Waals surface area contributed by atoms with Crippen molar-refractivity contribution in [3.63, 3.8) is 0 Å². The molecule has 2 saturated heterocycles. The third kappa shape index (κ3) is 5.07. The molecule has 218 valence electrons. The molecule has 3 aliphatic heterocycles. The van der Waals surface area contributed by atoms with E-state index in [0.29, 0.717) is 50.3 Å². The number of rotatable bonds is 6. The van der Waals surface area contributed by atoms with Gasteiger partial charge in [0, 0.05) is 54.9 Å². The second-order valence-corrected chi connectivity index (χ2v) is 11.9. The van der Waals surface area contributed by atoms with E-state index in [1.165, 1.54) is 28.1 Å². The molecule has 0 saturated carbocycles. The summed E-state index contributed by atoms with van der Waals surface area (Å²) in [5.41, 5.74) is 6.01. The van der Waals surface area contributed by atoms with E-state index in [1.807, 2.05) is 4.90 Å². The maximum absolute atomic E-state index is 12.5. The van der Waals surface area contributed by atoms with E-state index in [9.17, 15) is 10.1 Å². The summed E-state index contributed by atoms with van der Waals surface area (Å²) < 4.78 is 6.42. The lowest BCUT2D eigenvalue weighted by Crippen LogP contribution is -2.54. The van der Waals surface area contributed by atoms with Gasteiger partial charge in [0.1, 0.15) is 18.2 Å². The number of likely N-dealkylation sites (tertiary alicyclic amines) is 1. The Morgan fingerprint density at radius 1 is 1.17 bits per heavy atom. The molecule has 1 aromatic heterocycles. The summed E-state index contributed by atoms with van der Waals surface area (Å²) in [6.45, 7) is 12.8. The van der Waals surface area contributed by atoms with Gasteiger partial charge in [0.25, 0.3) is 0 Å². The maximum Gasteiger partial charge on any atom is 0.246 e. The van der Waals surface area contributed by atoms with Crippen LogP contribution in [0.1, 0.15) is 42.1 Å². The normalized spacial score (nSPS) is 20.9. The third-order valence-corrected chi connectivity index (χ3v) is 9.32. The molecule has 8 heteroatoms. The van der Waals surface area contributed by atoms with E-state index in [4.69, 9.17) is 9.72 Å². The molecule has 0 spiro atoms. The first-order chi connectivity index (χ1) is 20.4. The van der Waals surface area contributed by atoms with Crippen LogP contribution >= 0.6 is 0 Å². The zero-order chi connectivity index (χ0) is 29.4. The summed E-state index contributed by atoms with van der Waals surface area (Å²) in [6.07, 6.45) is 4.40. The molecular weight excluding hydrogens is 524 g/mol. The average Bonchev–Trinajstić information content (AvgIpc) is 3.42. The minimum Gasteiger partial charge on any atom is -0.475 e. The summed E-state index contributed by atoms with van der Waals surface area (Å²) in [4.78, 5) is 26.4. The Bertz CT molecular complexity index is 1560. The van der Waals surface area contributed by atoms with Crippen molar-refractivity contribution in [1.29, 1.82) is 5.26 Å². The number of hydrogen-bond acceptors (Lipinski definition) is 7. The predicted octanol–water partition coefficient (Wildman–Crippen LogP) is 4.67. The van der Waals surface area contributed by atoms with Gasteiger partial charge in [0.2, 0.25) is 11.8 Å². The Labute approximate surface area is 248 Å². The Morgan fingerprint density at radius 2 is 1.98 bits per heavy atom. The third-order valence-electron chi connectivity index (χ3n) is 9.32. The summed E-state index contributed by atoms with van der Waals surface area (Å²) in [6, 6.07) is 15.7. The number of hydrogen-bond donors (Lipinski definition) is 0. The van der Waals surface area contributed by atoms with Gasteiger partial charge in [-0.3, -0.25) is 4.79 Å². The molecule has 2 atom stereocenters. The van der Waals surface area contributed by atoms with Crippen LogP contribution in [0.2, 0.25) is 0 Å². The number of pyridine rings is 1. The second kappa shape index (κ2) is 11.7. The summed E-state index contributed by atoms with van der Waals surface area (Å²) in [7, 11) is 2.13. The number of carbonyl (C=O) groups is 1. The van der Waals surface area contributed by atoms with E-state index in [0.717, 1.165) is 49.3 Å². The summed E-state index contributed by atoms with van der Waals surface area (Å²) in [5, 5.41) is 13.0. The molecule has 0 radical (unpaired) electrons. The van der Waals surface area contributed by atoms with Crippen molar-refractivity contribution in [3.8, 4) is 11.9 Å². The first kappa shape index (κ1) is 28.0. The molecule has 1 amide bonds. The van der Waals surface area contributed by atoms with Crippen molar-refractivity contribution in [2.24, 2.45) is 0 Å². The molecule has 6 rings (SSSR count). The molecule has 0 N–H and O–H groups in total. The molecule has 3 aliphatic rings. The summed E-state index contributed by atoms with van der Waals surface area (Å²) in [5.74, 6) is 0.380. The Hall–Kier alpha value is -4.09. The van der Waals surface area contributed by atoms with Gasteiger partial charge in [-0.2, -0.15) is 5.26 Å². The summed E-state index contributed by atoms with van der Waals surface area (Å²) >= 11 is 0. The molecule has 1 unspecified atom stereocenters. The van der Waals surface area contributed by atoms with Crippen molar-refractivity contribution < 1.29 is 9.53 Å². The van der Waals surface area contributed by atoms with Gasteiger partial charge in [0.15, 0.2) is 0 Å². The number of benzene rings is 2. The smallest absolute Gasteiger partial charge is 0.246 e. The number of fused-ring (bicyclic) bond motifs is 2. The van der Waals surface area contributed by atoms with E-state index >= 15 is 0 Å². The molecule has 8 nitrogen and oxygen atoms in total. The van der Waals surface area contributed by atoms with Crippen molar-refractivity contribution in [2.45, 2.75) is 51.7 Å². The van der Waals surface area contributed by atoms with E-state index in [2.05, 4.69) is 84.6 Å². The second-order valence-electron chi connectivity index (χ2n) is 11.9. The minimum absolute atomic E-state index is 0.00476. The van der Waals surface area contributed by atoms with Crippen molar-refractivity contribution >= 4 is 28.1 Å². The van der Waals surface area contributed by atoms with E-state index in [-0.39, 0.29) is 11.9 Å². The molecule has 2 aromatic carbocycles. The fourth-order valence-corrected chi connectivity index (χ4v) is 7.03. The zero-order valence-electron chi connectivity index (χ0n) is 25.0. The van der Waals surface area contributed by atoms with Crippen LogP contribution in [-0.2, 0) is 17.8 Å². The number of anilines is 2. The van der Waals surface area contributed by atoms with Crippen LogP contribution in [0.5, 0.6) is 5.88 Å². The SMILES string of the molecule is C=CC(=O)N1CCN(c2c(C#N)c(OCC3CCCN3C)nc3c2CCN(c2cccc4cccc(C)c24)C3)C[C@H]1C. The molecule has 0 aliphatic carbocycles. The highest BCUT2D eigenvalue weighted by molar-refractivity contribution is 5.97. The van der Waals surface area contributed by atoms with Gasteiger partial charge in [0.05, 0.1) is 17.9 Å². The fraction of sp³-hybridized carbons (Fsp3) is 0.441. The van der Waals surface area contributed by atoms with Gasteiger partial charge in [-0.25, -0.2) is 4.98 Å². The number of likely N-dealkylation sites (N-methyl/N-ethyl adjacent to an activating group) is 1. The Morgan fingerprint density at radius 3 is 2.69 bits per heavy atom. The lowest BCUT2D eigenvalue weighted by molar-refractivity contribution is -0.128. The van der Waals surface area contributed by atoms with E-state index < -0.39 is 0 Å².